The van der Waals surface area contributed by atoms with E-state index in [0.717, 1.165) is 15.6 Å². The predicted octanol–water partition coefficient (Wildman–Crippen LogP) is 7.23. The molecule has 0 spiro atoms. The van der Waals surface area contributed by atoms with Gasteiger partial charge >= 0.3 is 0 Å². The van der Waals surface area contributed by atoms with Crippen LogP contribution in [0.3, 0.4) is 0 Å². The van der Waals surface area contributed by atoms with Gasteiger partial charge in [-0.05, 0) is 94.1 Å². The summed E-state index contributed by atoms with van der Waals surface area (Å²) < 4.78 is 1.01. The van der Waals surface area contributed by atoms with Crippen LogP contribution in [0.5, 0.6) is 0 Å². The average molecular weight is 435 g/mol. The molecule has 2 aromatic carbocycles. The monoisotopic (exact) mass is 434 g/mol. The van der Waals surface area contributed by atoms with Crippen molar-refractivity contribution in [3.05, 3.63) is 69.2 Å². The third-order valence-corrected chi connectivity index (χ3v) is 5.88. The molecule has 0 aliphatic carbocycles. The van der Waals surface area contributed by atoms with Gasteiger partial charge in [-0.25, -0.2) is 0 Å². The van der Waals surface area contributed by atoms with Gasteiger partial charge in [0.05, 0.1) is 17.2 Å². The van der Waals surface area contributed by atoms with Gasteiger partial charge in [-0.2, -0.15) is 5.26 Å². The third kappa shape index (κ3) is 3.80. The van der Waals surface area contributed by atoms with E-state index < -0.39 is 0 Å². The lowest BCUT2D eigenvalue weighted by atomic mass is 9.85. The Labute approximate surface area is 177 Å². The Balaban J connectivity index is 2.15. The molecule has 0 N–H and O–H groups in total. The van der Waals surface area contributed by atoms with Crippen molar-refractivity contribution in [2.24, 2.45) is 0 Å². The largest absolute Gasteiger partial charge is 0.360 e. The number of nitrogens with zero attached hydrogens (tertiary/aromatic N) is 2. The molecule has 1 heterocycles. The Kier molecular flexibility index (Phi) is 5.55. The number of halogens is 1. The minimum absolute atomic E-state index is 0.0235. The second-order valence-electron chi connectivity index (χ2n) is 8.35. The Morgan fingerprint density at radius 1 is 1.14 bits per heavy atom. The van der Waals surface area contributed by atoms with E-state index in [2.05, 4.69) is 86.7 Å². The van der Waals surface area contributed by atoms with E-state index in [-0.39, 0.29) is 5.54 Å². The van der Waals surface area contributed by atoms with Gasteiger partial charge in [-0.1, -0.05) is 34.1 Å². The summed E-state index contributed by atoms with van der Waals surface area (Å²) in [6.07, 6.45) is 4.35. The smallest absolute Gasteiger partial charge is 0.0998 e. The summed E-state index contributed by atoms with van der Waals surface area (Å²) in [6.45, 7) is 13.3. The molecule has 144 valence electrons. The molecule has 0 atom stereocenters. The number of hydrogen-bond acceptors (Lipinski definition) is 2. The van der Waals surface area contributed by atoms with Gasteiger partial charge in [0.15, 0.2) is 0 Å². The molecular formula is C25H27BrN2. The summed E-state index contributed by atoms with van der Waals surface area (Å²) in [4.78, 5) is 2.48. The van der Waals surface area contributed by atoms with Gasteiger partial charge in [-0.3, -0.25) is 0 Å². The minimum Gasteiger partial charge on any atom is -0.360 e. The molecule has 0 amide bonds. The Morgan fingerprint density at radius 2 is 1.79 bits per heavy atom. The lowest BCUT2D eigenvalue weighted by Gasteiger charge is -2.46. The minimum atomic E-state index is -0.0235. The van der Waals surface area contributed by atoms with Crippen LogP contribution in [0.1, 0.15) is 56.9 Å². The zero-order valence-electron chi connectivity index (χ0n) is 17.5. The Morgan fingerprint density at radius 3 is 2.36 bits per heavy atom. The number of allylic oxidation sites excluding steroid dienone is 2. The number of fused-ring (bicyclic) bond motifs is 1. The van der Waals surface area contributed by atoms with Crippen LogP contribution in [0.2, 0.25) is 0 Å². The topological polar surface area (TPSA) is 27.0 Å². The SMILES string of the molecule is CC1=CC(C)(C)N(C(C)C)c2cc(C)c(/C=C(/C#N)c3ccc(Br)cc3)cc21. The van der Waals surface area contributed by atoms with Crippen LogP contribution in [-0.2, 0) is 0 Å². The fourth-order valence-corrected chi connectivity index (χ4v) is 4.54. The molecule has 2 aromatic rings. The van der Waals surface area contributed by atoms with Gasteiger partial charge < -0.3 is 4.90 Å². The van der Waals surface area contributed by atoms with Gasteiger partial charge in [0.25, 0.3) is 0 Å². The number of hydrogen-bond donors (Lipinski definition) is 0. The lowest BCUT2D eigenvalue weighted by Crippen LogP contribution is -2.49. The molecule has 0 radical (unpaired) electrons. The number of rotatable bonds is 3. The van der Waals surface area contributed by atoms with E-state index in [4.69, 9.17) is 0 Å². The molecule has 0 fully saturated rings. The van der Waals surface area contributed by atoms with Crippen molar-refractivity contribution in [1.82, 2.24) is 0 Å². The van der Waals surface area contributed by atoms with Gasteiger partial charge in [0, 0.05) is 21.8 Å². The highest BCUT2D eigenvalue weighted by atomic mass is 79.9. The molecule has 28 heavy (non-hydrogen) atoms. The average Bonchev–Trinajstić information content (AvgIpc) is 2.60. The van der Waals surface area contributed by atoms with E-state index in [9.17, 15) is 5.26 Å². The van der Waals surface area contributed by atoms with Crippen LogP contribution in [0.25, 0.3) is 17.2 Å². The van der Waals surface area contributed by atoms with Crippen molar-refractivity contribution in [2.45, 2.75) is 53.1 Å². The van der Waals surface area contributed by atoms with Gasteiger partial charge in [0.1, 0.15) is 0 Å². The summed E-state index contributed by atoms with van der Waals surface area (Å²) in [7, 11) is 0. The highest BCUT2D eigenvalue weighted by molar-refractivity contribution is 9.10. The molecule has 1 aliphatic heterocycles. The highest BCUT2D eigenvalue weighted by Crippen LogP contribution is 2.42. The van der Waals surface area contributed by atoms with Crippen molar-refractivity contribution in [1.29, 1.82) is 5.26 Å². The summed E-state index contributed by atoms with van der Waals surface area (Å²) in [6, 6.07) is 15.2. The molecular weight excluding hydrogens is 408 g/mol. The molecule has 1 aliphatic rings. The first-order chi connectivity index (χ1) is 13.1. The number of anilines is 1. The van der Waals surface area contributed by atoms with Crippen LogP contribution in [0.15, 0.2) is 46.9 Å². The fourth-order valence-electron chi connectivity index (χ4n) is 4.28. The highest BCUT2D eigenvalue weighted by Gasteiger charge is 2.33. The summed E-state index contributed by atoms with van der Waals surface area (Å²) in [5.41, 5.74) is 7.66. The maximum absolute atomic E-state index is 9.73. The zero-order valence-corrected chi connectivity index (χ0v) is 19.1. The van der Waals surface area contributed by atoms with Crippen molar-refractivity contribution >= 4 is 38.8 Å². The van der Waals surface area contributed by atoms with Crippen LogP contribution < -0.4 is 4.90 Å². The zero-order chi connectivity index (χ0) is 20.6. The quantitative estimate of drug-likeness (QED) is 0.376. The molecule has 0 bridgehead atoms. The van der Waals surface area contributed by atoms with Crippen molar-refractivity contribution in [2.75, 3.05) is 4.90 Å². The Bertz CT molecular complexity index is 1000. The van der Waals surface area contributed by atoms with Crippen LogP contribution in [-0.4, -0.2) is 11.6 Å². The molecule has 0 aromatic heterocycles. The molecule has 3 heteroatoms. The van der Waals surface area contributed by atoms with E-state index in [1.54, 1.807) is 0 Å². The standard InChI is InChI=1S/C25H27BrN2/c1-16(2)28-24-11-17(3)20(13-23(24)18(4)14-25(28,5)6)12-21(15-27)19-7-9-22(26)10-8-19/h7-14,16H,1-6H3/b21-12-. The molecule has 0 saturated heterocycles. The molecule has 0 saturated carbocycles. The Hall–Kier alpha value is -2.31. The van der Waals surface area contributed by atoms with E-state index in [1.165, 1.54) is 22.4 Å². The number of benzene rings is 2. The van der Waals surface area contributed by atoms with Crippen LogP contribution in [0, 0.1) is 18.3 Å². The molecule has 2 nitrogen and oxygen atoms in total. The van der Waals surface area contributed by atoms with E-state index in [1.807, 2.05) is 30.3 Å². The second kappa shape index (κ2) is 7.60. The predicted molar refractivity (Wildman–Crippen MR) is 124 cm³/mol. The van der Waals surface area contributed by atoms with Crippen LogP contribution >= 0.6 is 15.9 Å². The van der Waals surface area contributed by atoms with Crippen LogP contribution in [0.4, 0.5) is 5.69 Å². The normalized spacial score (nSPS) is 15.9. The van der Waals surface area contributed by atoms with Crippen molar-refractivity contribution < 1.29 is 0 Å². The van der Waals surface area contributed by atoms with Crippen molar-refractivity contribution in [3.8, 4) is 6.07 Å². The van der Waals surface area contributed by atoms with E-state index in [0.29, 0.717) is 11.6 Å². The van der Waals surface area contributed by atoms with Gasteiger partial charge in [0.2, 0.25) is 0 Å². The number of nitriles is 1. The first-order valence-corrected chi connectivity index (χ1v) is 10.4. The van der Waals surface area contributed by atoms with Gasteiger partial charge in [-0.15, -0.1) is 0 Å². The fraction of sp³-hybridized carbons (Fsp3) is 0.320. The second-order valence-corrected chi connectivity index (χ2v) is 9.26. The van der Waals surface area contributed by atoms with Crippen molar-refractivity contribution in [3.63, 3.8) is 0 Å². The summed E-state index contributed by atoms with van der Waals surface area (Å²) in [5, 5.41) is 9.73. The van der Waals surface area contributed by atoms with E-state index >= 15 is 0 Å². The lowest BCUT2D eigenvalue weighted by molar-refractivity contribution is 0.507. The maximum Gasteiger partial charge on any atom is 0.0998 e. The number of aryl methyl sites for hydroxylation is 1. The molecule has 0 unspecified atom stereocenters. The third-order valence-electron chi connectivity index (χ3n) is 5.35. The first-order valence-electron chi connectivity index (χ1n) is 9.65. The first kappa shape index (κ1) is 20.4. The summed E-state index contributed by atoms with van der Waals surface area (Å²) in [5.74, 6) is 0. The maximum atomic E-state index is 9.73. The molecule has 3 rings (SSSR count). The summed E-state index contributed by atoms with van der Waals surface area (Å²) >= 11 is 3.46.